The molecule has 5 nitrogen and oxygen atoms in total. The fraction of sp³-hybridized carbons (Fsp3) is 0.429. The number of hydrogen-bond donors (Lipinski definition) is 2. The molecule has 1 aromatic rings. The van der Waals surface area contributed by atoms with Crippen LogP contribution in [0.25, 0.3) is 0 Å². The molecular weight excluding hydrogens is 246 g/mol. The Kier molecular flexibility index (Phi) is 4.52. The van der Waals surface area contributed by atoms with E-state index in [-0.39, 0.29) is 11.8 Å². The molecule has 102 valence electrons. The van der Waals surface area contributed by atoms with Gasteiger partial charge in [0.25, 0.3) is 0 Å². The maximum absolute atomic E-state index is 11.8. The van der Waals surface area contributed by atoms with Crippen LogP contribution in [-0.4, -0.2) is 17.0 Å². The van der Waals surface area contributed by atoms with Gasteiger partial charge in [-0.2, -0.15) is 0 Å². The van der Waals surface area contributed by atoms with Gasteiger partial charge < -0.3 is 5.11 Å². The predicted octanol–water partition coefficient (Wildman–Crippen LogP) is 1.74. The van der Waals surface area contributed by atoms with Crippen LogP contribution in [0.3, 0.4) is 0 Å². The monoisotopic (exact) mass is 263 g/mol. The number of aliphatic carboxylic acids is 1. The van der Waals surface area contributed by atoms with Crippen LogP contribution in [-0.2, 0) is 21.0 Å². The summed E-state index contributed by atoms with van der Waals surface area (Å²) in [6.45, 7) is 0.307. The molecule has 19 heavy (non-hydrogen) atoms. The van der Waals surface area contributed by atoms with E-state index in [1.54, 1.807) is 0 Å². The standard InChI is InChI=1S/C14H17NO4/c16-13(11-6-7-12(8-11)14(17)18)15-19-9-10-4-2-1-3-5-10/h1-5,11-12H,6-9H2,(H,15,16)(H,17,18)/t11-,12+/m1/s1. The van der Waals surface area contributed by atoms with E-state index >= 15 is 0 Å². The number of carboxylic acids is 1. The van der Waals surface area contributed by atoms with E-state index in [1.165, 1.54) is 0 Å². The molecule has 0 unspecified atom stereocenters. The number of hydrogen-bond acceptors (Lipinski definition) is 3. The second kappa shape index (κ2) is 6.33. The number of amides is 1. The molecule has 0 saturated heterocycles. The second-order valence-electron chi connectivity index (χ2n) is 4.79. The summed E-state index contributed by atoms with van der Waals surface area (Å²) in [7, 11) is 0. The van der Waals surface area contributed by atoms with Crippen LogP contribution in [0.1, 0.15) is 24.8 Å². The highest BCUT2D eigenvalue weighted by Gasteiger charge is 2.33. The van der Waals surface area contributed by atoms with Crippen molar-refractivity contribution in [2.45, 2.75) is 25.9 Å². The molecule has 0 bridgehead atoms. The lowest BCUT2D eigenvalue weighted by Gasteiger charge is -2.10. The van der Waals surface area contributed by atoms with E-state index in [0.29, 0.717) is 25.9 Å². The van der Waals surface area contributed by atoms with E-state index in [2.05, 4.69) is 5.48 Å². The van der Waals surface area contributed by atoms with Crippen molar-refractivity contribution in [1.29, 1.82) is 0 Å². The van der Waals surface area contributed by atoms with Gasteiger partial charge in [-0.25, -0.2) is 5.48 Å². The topological polar surface area (TPSA) is 75.6 Å². The smallest absolute Gasteiger partial charge is 0.306 e. The first kappa shape index (κ1) is 13.5. The predicted molar refractivity (Wildman–Crippen MR) is 67.8 cm³/mol. The van der Waals surface area contributed by atoms with Gasteiger partial charge in [-0.3, -0.25) is 14.4 Å². The summed E-state index contributed by atoms with van der Waals surface area (Å²) < 4.78 is 0. The summed E-state index contributed by atoms with van der Waals surface area (Å²) in [6, 6.07) is 9.51. The van der Waals surface area contributed by atoms with Gasteiger partial charge in [0, 0.05) is 5.92 Å². The van der Waals surface area contributed by atoms with Gasteiger partial charge in [0.05, 0.1) is 12.5 Å². The quantitative estimate of drug-likeness (QED) is 0.793. The molecular formula is C14H17NO4. The van der Waals surface area contributed by atoms with Gasteiger partial charge >= 0.3 is 5.97 Å². The Morgan fingerprint density at radius 2 is 1.89 bits per heavy atom. The molecule has 0 spiro atoms. The van der Waals surface area contributed by atoms with Crippen molar-refractivity contribution < 1.29 is 19.5 Å². The van der Waals surface area contributed by atoms with Gasteiger partial charge in [0.1, 0.15) is 0 Å². The summed E-state index contributed by atoms with van der Waals surface area (Å²) in [5, 5.41) is 8.87. The third-order valence-electron chi connectivity index (χ3n) is 3.41. The minimum atomic E-state index is -0.819. The zero-order valence-electron chi connectivity index (χ0n) is 10.5. The molecule has 1 aromatic carbocycles. The largest absolute Gasteiger partial charge is 0.481 e. The lowest BCUT2D eigenvalue weighted by Crippen LogP contribution is -2.29. The van der Waals surface area contributed by atoms with Gasteiger partial charge in [-0.05, 0) is 24.8 Å². The van der Waals surface area contributed by atoms with Gasteiger partial charge in [0.2, 0.25) is 5.91 Å². The van der Waals surface area contributed by atoms with Crippen molar-refractivity contribution >= 4 is 11.9 Å². The SMILES string of the molecule is O=C(O)[C@H]1CC[C@@H](C(=O)NOCc2ccccc2)C1. The van der Waals surface area contributed by atoms with Crippen molar-refractivity contribution in [3.8, 4) is 0 Å². The summed E-state index contributed by atoms with van der Waals surface area (Å²) in [5.74, 6) is -1.69. The van der Waals surface area contributed by atoms with Crippen molar-refractivity contribution in [1.82, 2.24) is 5.48 Å². The summed E-state index contributed by atoms with van der Waals surface area (Å²) in [5.41, 5.74) is 3.37. The highest BCUT2D eigenvalue weighted by atomic mass is 16.6. The van der Waals surface area contributed by atoms with E-state index in [4.69, 9.17) is 9.94 Å². The molecule has 0 radical (unpaired) electrons. The summed E-state index contributed by atoms with van der Waals surface area (Å²) >= 11 is 0. The van der Waals surface area contributed by atoms with E-state index in [9.17, 15) is 9.59 Å². The Labute approximate surface area is 111 Å². The van der Waals surface area contributed by atoms with Crippen LogP contribution in [0.5, 0.6) is 0 Å². The molecule has 2 N–H and O–H groups in total. The number of rotatable bonds is 5. The first-order valence-electron chi connectivity index (χ1n) is 6.35. The van der Waals surface area contributed by atoms with Gasteiger partial charge in [0.15, 0.2) is 0 Å². The van der Waals surface area contributed by atoms with Crippen LogP contribution in [0.15, 0.2) is 30.3 Å². The van der Waals surface area contributed by atoms with Gasteiger partial charge in [-0.1, -0.05) is 30.3 Å². The molecule has 1 aliphatic rings. The molecule has 0 aromatic heterocycles. The molecule has 1 saturated carbocycles. The van der Waals surface area contributed by atoms with Crippen molar-refractivity contribution in [2.75, 3.05) is 0 Å². The lowest BCUT2D eigenvalue weighted by atomic mass is 10.1. The molecule has 1 fully saturated rings. The number of hydroxylamine groups is 1. The molecule has 5 heteroatoms. The van der Waals surface area contributed by atoms with Crippen molar-refractivity contribution in [2.24, 2.45) is 11.8 Å². The normalized spacial score (nSPS) is 22.1. The third-order valence-corrected chi connectivity index (χ3v) is 3.41. The zero-order chi connectivity index (χ0) is 13.7. The molecule has 0 aliphatic heterocycles. The molecule has 0 heterocycles. The Morgan fingerprint density at radius 3 is 2.53 bits per heavy atom. The Hall–Kier alpha value is -1.88. The maximum atomic E-state index is 11.8. The summed E-state index contributed by atoms with van der Waals surface area (Å²) in [4.78, 5) is 27.7. The first-order valence-corrected chi connectivity index (χ1v) is 6.35. The number of carbonyl (C=O) groups excluding carboxylic acids is 1. The Balaban J connectivity index is 1.72. The Morgan fingerprint density at radius 1 is 1.21 bits per heavy atom. The first-order chi connectivity index (χ1) is 9.16. The maximum Gasteiger partial charge on any atom is 0.306 e. The number of nitrogens with one attached hydrogen (secondary N) is 1. The van der Waals surface area contributed by atoms with Crippen LogP contribution in [0.4, 0.5) is 0 Å². The minimum Gasteiger partial charge on any atom is -0.481 e. The Bertz CT molecular complexity index is 446. The van der Waals surface area contributed by atoms with Crippen LogP contribution in [0, 0.1) is 11.8 Å². The fourth-order valence-corrected chi connectivity index (χ4v) is 2.29. The van der Waals surface area contributed by atoms with Crippen molar-refractivity contribution in [3.05, 3.63) is 35.9 Å². The van der Waals surface area contributed by atoms with Crippen LogP contribution in [0.2, 0.25) is 0 Å². The molecule has 2 rings (SSSR count). The number of carboxylic acid groups (broad SMARTS) is 1. The minimum absolute atomic E-state index is 0.223. The molecule has 1 amide bonds. The van der Waals surface area contributed by atoms with E-state index in [1.807, 2.05) is 30.3 Å². The number of benzene rings is 1. The summed E-state index contributed by atoms with van der Waals surface area (Å²) in [6.07, 6.45) is 1.57. The highest BCUT2D eigenvalue weighted by Crippen LogP contribution is 2.31. The zero-order valence-corrected chi connectivity index (χ0v) is 10.5. The second-order valence-corrected chi connectivity index (χ2v) is 4.79. The third kappa shape index (κ3) is 3.79. The highest BCUT2D eigenvalue weighted by molar-refractivity contribution is 5.80. The lowest BCUT2D eigenvalue weighted by molar-refractivity contribution is -0.142. The fourth-order valence-electron chi connectivity index (χ4n) is 2.29. The molecule has 1 aliphatic carbocycles. The molecule has 2 atom stereocenters. The average molecular weight is 263 g/mol. The van der Waals surface area contributed by atoms with Crippen LogP contribution >= 0.6 is 0 Å². The van der Waals surface area contributed by atoms with Crippen molar-refractivity contribution in [3.63, 3.8) is 0 Å². The van der Waals surface area contributed by atoms with E-state index in [0.717, 1.165) is 5.56 Å². The average Bonchev–Trinajstić information content (AvgIpc) is 2.89. The van der Waals surface area contributed by atoms with Crippen LogP contribution < -0.4 is 5.48 Å². The van der Waals surface area contributed by atoms with E-state index < -0.39 is 11.9 Å². The van der Waals surface area contributed by atoms with Gasteiger partial charge in [-0.15, -0.1) is 0 Å². The number of carbonyl (C=O) groups is 2.